The molecule has 16 heavy (non-hydrogen) atoms. The van der Waals surface area contributed by atoms with Crippen LogP contribution in [0.1, 0.15) is 28.9 Å². The Balaban J connectivity index is 2.03. The largest absolute Gasteiger partial charge is 0.472 e. The number of amides is 1. The molecule has 0 spiro atoms. The van der Waals surface area contributed by atoms with Gasteiger partial charge in [0.15, 0.2) is 0 Å². The highest BCUT2D eigenvalue weighted by atomic mass is 16.3. The first-order valence-electron chi connectivity index (χ1n) is 5.00. The molecule has 0 saturated heterocycles. The molecule has 2 aromatic rings. The van der Waals surface area contributed by atoms with Gasteiger partial charge in [-0.05, 0) is 24.6 Å². The molecule has 0 saturated carbocycles. The predicted octanol–water partition coefficient (Wildman–Crippen LogP) is 2.17. The fourth-order valence-corrected chi connectivity index (χ4v) is 1.39. The molecule has 0 aliphatic heterocycles. The zero-order valence-electron chi connectivity index (χ0n) is 8.88. The summed E-state index contributed by atoms with van der Waals surface area (Å²) in [5, 5.41) is 2.86. The van der Waals surface area contributed by atoms with Crippen molar-refractivity contribution in [1.82, 2.24) is 10.3 Å². The van der Waals surface area contributed by atoms with E-state index in [0.29, 0.717) is 5.56 Å². The van der Waals surface area contributed by atoms with Gasteiger partial charge >= 0.3 is 0 Å². The van der Waals surface area contributed by atoms with E-state index >= 15 is 0 Å². The summed E-state index contributed by atoms with van der Waals surface area (Å²) in [4.78, 5) is 15.7. The maximum atomic E-state index is 11.7. The van der Waals surface area contributed by atoms with Crippen LogP contribution in [-0.2, 0) is 0 Å². The highest BCUT2D eigenvalue weighted by molar-refractivity contribution is 5.93. The number of hydrogen-bond acceptors (Lipinski definition) is 3. The summed E-state index contributed by atoms with van der Waals surface area (Å²) in [6, 6.07) is 5.32. The molecular formula is C12H12N2O2. The standard InChI is InChI=1S/C12H12N2O2/c1-9(10-3-2-5-13-7-10)14-12(15)11-4-6-16-8-11/h2-9H,1H3,(H,14,15). The van der Waals surface area contributed by atoms with E-state index in [1.807, 2.05) is 19.1 Å². The van der Waals surface area contributed by atoms with E-state index < -0.39 is 0 Å². The number of furan rings is 1. The van der Waals surface area contributed by atoms with Crippen molar-refractivity contribution in [2.45, 2.75) is 13.0 Å². The molecule has 82 valence electrons. The summed E-state index contributed by atoms with van der Waals surface area (Å²) in [5.41, 5.74) is 1.50. The van der Waals surface area contributed by atoms with E-state index in [1.54, 1.807) is 18.5 Å². The third-order valence-corrected chi connectivity index (χ3v) is 2.32. The lowest BCUT2D eigenvalue weighted by Gasteiger charge is -2.12. The van der Waals surface area contributed by atoms with Gasteiger partial charge in [-0.1, -0.05) is 6.07 Å². The summed E-state index contributed by atoms with van der Waals surface area (Å²) in [6.07, 6.45) is 6.34. The lowest BCUT2D eigenvalue weighted by Crippen LogP contribution is -2.26. The van der Waals surface area contributed by atoms with Crippen molar-refractivity contribution in [2.75, 3.05) is 0 Å². The van der Waals surface area contributed by atoms with Crippen LogP contribution in [-0.4, -0.2) is 10.9 Å². The second-order valence-electron chi connectivity index (χ2n) is 3.49. The molecule has 1 amide bonds. The van der Waals surface area contributed by atoms with Crippen molar-refractivity contribution in [3.63, 3.8) is 0 Å². The summed E-state index contributed by atoms with van der Waals surface area (Å²) in [5.74, 6) is -0.148. The molecule has 4 heteroatoms. The number of nitrogens with zero attached hydrogens (tertiary/aromatic N) is 1. The molecule has 1 unspecified atom stereocenters. The average molecular weight is 216 g/mol. The van der Waals surface area contributed by atoms with Gasteiger partial charge < -0.3 is 9.73 Å². The van der Waals surface area contributed by atoms with E-state index in [-0.39, 0.29) is 11.9 Å². The first-order chi connectivity index (χ1) is 7.77. The predicted molar refractivity (Wildman–Crippen MR) is 58.8 cm³/mol. The van der Waals surface area contributed by atoms with E-state index in [1.165, 1.54) is 12.5 Å². The number of carbonyl (C=O) groups is 1. The van der Waals surface area contributed by atoms with Crippen LogP contribution in [0.2, 0.25) is 0 Å². The summed E-state index contributed by atoms with van der Waals surface area (Å²) in [7, 11) is 0. The monoisotopic (exact) mass is 216 g/mol. The second kappa shape index (κ2) is 4.61. The summed E-state index contributed by atoms with van der Waals surface area (Å²) in [6.45, 7) is 1.91. The van der Waals surface area contributed by atoms with Crippen LogP contribution in [0.25, 0.3) is 0 Å². The van der Waals surface area contributed by atoms with Crippen molar-refractivity contribution >= 4 is 5.91 Å². The molecule has 0 aromatic carbocycles. The van der Waals surface area contributed by atoms with Crippen molar-refractivity contribution in [3.05, 3.63) is 54.2 Å². The molecule has 2 heterocycles. The number of rotatable bonds is 3. The van der Waals surface area contributed by atoms with Gasteiger partial charge in [0.05, 0.1) is 17.9 Å². The van der Waals surface area contributed by atoms with Crippen LogP contribution in [0, 0.1) is 0 Å². The van der Waals surface area contributed by atoms with Gasteiger partial charge in [-0.2, -0.15) is 0 Å². The molecule has 4 nitrogen and oxygen atoms in total. The van der Waals surface area contributed by atoms with Crippen LogP contribution in [0.4, 0.5) is 0 Å². The minimum absolute atomic E-state index is 0.0731. The van der Waals surface area contributed by atoms with Crippen LogP contribution in [0.3, 0.4) is 0 Å². The number of aromatic nitrogens is 1. The topological polar surface area (TPSA) is 55.1 Å². The van der Waals surface area contributed by atoms with Gasteiger partial charge in [-0.3, -0.25) is 9.78 Å². The second-order valence-corrected chi connectivity index (χ2v) is 3.49. The summed E-state index contributed by atoms with van der Waals surface area (Å²) >= 11 is 0. The maximum Gasteiger partial charge on any atom is 0.255 e. The van der Waals surface area contributed by atoms with Crippen molar-refractivity contribution in [2.24, 2.45) is 0 Å². The molecule has 2 aromatic heterocycles. The first kappa shape index (κ1) is 10.4. The Hall–Kier alpha value is -2.10. The first-order valence-corrected chi connectivity index (χ1v) is 5.00. The van der Waals surface area contributed by atoms with E-state index in [9.17, 15) is 4.79 Å². The zero-order valence-corrected chi connectivity index (χ0v) is 8.88. The fraction of sp³-hybridized carbons (Fsp3) is 0.167. The van der Waals surface area contributed by atoms with E-state index in [2.05, 4.69) is 10.3 Å². The number of nitrogens with one attached hydrogen (secondary N) is 1. The van der Waals surface area contributed by atoms with Crippen LogP contribution >= 0.6 is 0 Å². The Bertz CT molecular complexity index is 451. The van der Waals surface area contributed by atoms with Gasteiger partial charge in [-0.15, -0.1) is 0 Å². The Kier molecular flexibility index (Phi) is 3.00. The molecule has 0 bridgehead atoms. The molecular weight excluding hydrogens is 204 g/mol. The Morgan fingerprint density at radius 2 is 2.38 bits per heavy atom. The van der Waals surface area contributed by atoms with Gasteiger partial charge in [0.1, 0.15) is 6.26 Å². The Morgan fingerprint density at radius 1 is 1.50 bits per heavy atom. The van der Waals surface area contributed by atoms with E-state index in [4.69, 9.17) is 4.42 Å². The SMILES string of the molecule is CC(NC(=O)c1ccoc1)c1cccnc1. The van der Waals surface area contributed by atoms with Crippen LogP contribution < -0.4 is 5.32 Å². The van der Waals surface area contributed by atoms with Crippen LogP contribution in [0.15, 0.2) is 47.5 Å². The van der Waals surface area contributed by atoms with Crippen molar-refractivity contribution < 1.29 is 9.21 Å². The Labute approximate surface area is 93.3 Å². The number of pyridine rings is 1. The minimum atomic E-state index is -0.148. The van der Waals surface area contributed by atoms with Crippen LogP contribution in [0.5, 0.6) is 0 Å². The normalized spacial score (nSPS) is 12.1. The quantitative estimate of drug-likeness (QED) is 0.855. The average Bonchev–Trinajstić information content (AvgIpc) is 2.83. The molecule has 1 atom stereocenters. The lowest BCUT2D eigenvalue weighted by molar-refractivity contribution is 0.0939. The molecule has 2 rings (SSSR count). The molecule has 0 aliphatic rings. The molecule has 1 N–H and O–H groups in total. The Morgan fingerprint density at radius 3 is 3.00 bits per heavy atom. The molecule has 0 radical (unpaired) electrons. The molecule has 0 aliphatic carbocycles. The molecule has 0 fully saturated rings. The van der Waals surface area contributed by atoms with Gasteiger partial charge in [0, 0.05) is 12.4 Å². The third-order valence-electron chi connectivity index (χ3n) is 2.32. The van der Waals surface area contributed by atoms with Crippen molar-refractivity contribution in [3.8, 4) is 0 Å². The van der Waals surface area contributed by atoms with Crippen molar-refractivity contribution in [1.29, 1.82) is 0 Å². The summed E-state index contributed by atoms with van der Waals surface area (Å²) < 4.78 is 4.85. The lowest BCUT2D eigenvalue weighted by atomic mass is 10.1. The zero-order chi connectivity index (χ0) is 11.4. The highest BCUT2D eigenvalue weighted by Crippen LogP contribution is 2.11. The van der Waals surface area contributed by atoms with Gasteiger partial charge in [-0.25, -0.2) is 0 Å². The highest BCUT2D eigenvalue weighted by Gasteiger charge is 2.11. The fourth-order valence-electron chi connectivity index (χ4n) is 1.39. The third kappa shape index (κ3) is 2.28. The smallest absolute Gasteiger partial charge is 0.255 e. The van der Waals surface area contributed by atoms with E-state index in [0.717, 1.165) is 5.56 Å². The maximum absolute atomic E-state index is 11.7. The number of carbonyl (C=O) groups excluding carboxylic acids is 1. The van der Waals surface area contributed by atoms with Gasteiger partial charge in [0.2, 0.25) is 0 Å². The van der Waals surface area contributed by atoms with Gasteiger partial charge in [0.25, 0.3) is 5.91 Å². The number of hydrogen-bond donors (Lipinski definition) is 1. The minimum Gasteiger partial charge on any atom is -0.472 e.